The molecule has 0 saturated heterocycles. The zero-order valence-electron chi connectivity index (χ0n) is 16.6. The number of para-hydroxylation sites is 2. The van der Waals surface area contributed by atoms with Gasteiger partial charge in [-0.2, -0.15) is 0 Å². The molecule has 154 valence electrons. The summed E-state index contributed by atoms with van der Waals surface area (Å²) in [6.07, 6.45) is 0. The van der Waals surface area contributed by atoms with Crippen LogP contribution in [0.4, 0.5) is 0 Å². The number of ether oxygens (including phenoxy) is 4. The summed E-state index contributed by atoms with van der Waals surface area (Å²) in [5.74, 6) is 0.312. The lowest BCUT2D eigenvalue weighted by Gasteiger charge is -2.11. The Kier molecular flexibility index (Phi) is 7.44. The molecule has 6 nitrogen and oxygen atoms in total. The van der Waals surface area contributed by atoms with Gasteiger partial charge in [0.05, 0.1) is 12.2 Å². The zero-order chi connectivity index (χ0) is 21.2. The van der Waals surface area contributed by atoms with Crippen molar-refractivity contribution in [1.82, 2.24) is 0 Å². The number of hydrogen-bond donors (Lipinski definition) is 0. The van der Waals surface area contributed by atoms with Gasteiger partial charge in [0.2, 0.25) is 0 Å². The van der Waals surface area contributed by atoms with E-state index in [0.717, 1.165) is 0 Å². The average molecular weight is 406 g/mol. The number of carbonyl (C=O) groups excluding carboxylic acids is 2. The fourth-order valence-corrected chi connectivity index (χ4v) is 2.63. The molecule has 3 rings (SSSR count). The van der Waals surface area contributed by atoms with Crippen LogP contribution in [0.15, 0.2) is 78.9 Å². The molecule has 0 aliphatic heterocycles. The lowest BCUT2D eigenvalue weighted by atomic mass is 10.2. The first kappa shape index (κ1) is 20.9. The summed E-state index contributed by atoms with van der Waals surface area (Å²) < 4.78 is 21.5. The Balaban J connectivity index is 1.57. The Morgan fingerprint density at radius 2 is 1.37 bits per heavy atom. The Hall–Kier alpha value is -3.80. The summed E-state index contributed by atoms with van der Waals surface area (Å²) >= 11 is 0. The monoisotopic (exact) mass is 406 g/mol. The van der Waals surface area contributed by atoms with Crippen LogP contribution in [-0.4, -0.2) is 31.8 Å². The second kappa shape index (κ2) is 10.7. The lowest BCUT2D eigenvalue weighted by molar-refractivity contribution is 0.0445. The fraction of sp³-hybridized carbons (Fsp3) is 0.167. The van der Waals surface area contributed by atoms with Crippen molar-refractivity contribution in [2.45, 2.75) is 6.92 Å². The average Bonchev–Trinajstić information content (AvgIpc) is 2.78. The minimum absolute atomic E-state index is 0.0644. The molecular formula is C24H22O6. The predicted molar refractivity (Wildman–Crippen MR) is 111 cm³/mol. The first-order valence-corrected chi connectivity index (χ1v) is 9.56. The van der Waals surface area contributed by atoms with Crippen LogP contribution in [0.5, 0.6) is 17.2 Å². The molecule has 3 aromatic rings. The largest absolute Gasteiger partial charge is 0.494 e. The fourth-order valence-electron chi connectivity index (χ4n) is 2.63. The Morgan fingerprint density at radius 1 is 0.700 bits per heavy atom. The normalized spacial score (nSPS) is 10.2. The number of hydrogen-bond acceptors (Lipinski definition) is 6. The Morgan fingerprint density at radius 3 is 2.10 bits per heavy atom. The molecule has 0 fully saturated rings. The van der Waals surface area contributed by atoms with E-state index in [1.54, 1.807) is 48.5 Å². The van der Waals surface area contributed by atoms with Crippen LogP contribution in [-0.2, 0) is 4.74 Å². The predicted octanol–water partition coefficient (Wildman–Crippen LogP) is 4.54. The molecule has 0 aliphatic carbocycles. The number of esters is 2. The molecule has 0 N–H and O–H groups in total. The van der Waals surface area contributed by atoms with Crippen LogP contribution in [0.2, 0.25) is 0 Å². The molecule has 6 heteroatoms. The van der Waals surface area contributed by atoms with E-state index in [2.05, 4.69) is 0 Å². The quantitative estimate of drug-likeness (QED) is 0.295. The van der Waals surface area contributed by atoms with Gasteiger partial charge in [-0.3, -0.25) is 0 Å². The summed E-state index contributed by atoms with van der Waals surface area (Å²) in [6.45, 7) is 2.69. The molecule has 0 aliphatic rings. The molecule has 0 heterocycles. The van der Waals surface area contributed by atoms with Crippen molar-refractivity contribution in [1.29, 1.82) is 0 Å². The Labute approximate surface area is 175 Å². The van der Waals surface area contributed by atoms with Crippen LogP contribution < -0.4 is 14.2 Å². The van der Waals surface area contributed by atoms with Gasteiger partial charge in [0.15, 0.2) is 0 Å². The zero-order valence-corrected chi connectivity index (χ0v) is 16.6. The maximum Gasteiger partial charge on any atom is 0.343 e. The molecular weight excluding hydrogens is 384 g/mol. The smallest absolute Gasteiger partial charge is 0.343 e. The van der Waals surface area contributed by atoms with Crippen molar-refractivity contribution in [3.63, 3.8) is 0 Å². The van der Waals surface area contributed by atoms with Crippen LogP contribution in [0.25, 0.3) is 0 Å². The summed E-state index contributed by atoms with van der Waals surface area (Å²) in [6, 6.07) is 22.3. The van der Waals surface area contributed by atoms with Crippen molar-refractivity contribution < 1.29 is 28.5 Å². The van der Waals surface area contributed by atoms with E-state index in [4.69, 9.17) is 18.9 Å². The van der Waals surface area contributed by atoms with Gasteiger partial charge in [0.25, 0.3) is 0 Å². The van der Waals surface area contributed by atoms with Crippen LogP contribution in [0, 0.1) is 0 Å². The van der Waals surface area contributed by atoms with Gasteiger partial charge < -0.3 is 18.9 Å². The molecule has 0 spiro atoms. The van der Waals surface area contributed by atoms with Gasteiger partial charge in [-0.1, -0.05) is 30.3 Å². The van der Waals surface area contributed by atoms with Gasteiger partial charge in [-0.15, -0.1) is 0 Å². The van der Waals surface area contributed by atoms with E-state index in [1.165, 1.54) is 0 Å². The third-order valence-electron chi connectivity index (χ3n) is 4.04. The summed E-state index contributed by atoms with van der Waals surface area (Å²) in [5.41, 5.74) is 0.509. The van der Waals surface area contributed by atoms with E-state index < -0.39 is 11.9 Å². The SMILES string of the molecule is CCOc1ccc(C(=O)Oc2ccccc2C(=O)OCCOc2ccccc2)cc1. The molecule has 0 bridgehead atoms. The second-order valence-electron chi connectivity index (χ2n) is 6.14. The van der Waals surface area contributed by atoms with Gasteiger partial charge >= 0.3 is 11.9 Å². The van der Waals surface area contributed by atoms with Crippen LogP contribution >= 0.6 is 0 Å². The van der Waals surface area contributed by atoms with Crippen molar-refractivity contribution >= 4 is 11.9 Å². The number of carbonyl (C=O) groups is 2. The maximum absolute atomic E-state index is 12.4. The Bertz CT molecular complexity index is 967. The van der Waals surface area contributed by atoms with Gasteiger partial charge in [0, 0.05) is 0 Å². The first-order valence-electron chi connectivity index (χ1n) is 9.56. The molecule has 0 atom stereocenters. The van der Waals surface area contributed by atoms with Gasteiger partial charge in [-0.05, 0) is 55.5 Å². The summed E-state index contributed by atoms with van der Waals surface area (Å²) in [7, 11) is 0. The van der Waals surface area contributed by atoms with Crippen molar-refractivity contribution in [2.75, 3.05) is 19.8 Å². The van der Waals surface area contributed by atoms with E-state index in [9.17, 15) is 9.59 Å². The topological polar surface area (TPSA) is 71.1 Å². The highest BCUT2D eigenvalue weighted by Crippen LogP contribution is 2.21. The van der Waals surface area contributed by atoms with Gasteiger partial charge in [-0.25, -0.2) is 9.59 Å². The first-order chi connectivity index (χ1) is 14.7. The van der Waals surface area contributed by atoms with E-state index in [-0.39, 0.29) is 24.5 Å². The molecule has 0 unspecified atom stereocenters. The van der Waals surface area contributed by atoms with E-state index in [1.807, 2.05) is 37.3 Å². The molecule has 0 aromatic heterocycles. The highest BCUT2D eigenvalue weighted by atomic mass is 16.6. The van der Waals surface area contributed by atoms with E-state index >= 15 is 0 Å². The standard InChI is InChI=1S/C24H22O6/c1-2-27-20-14-12-18(13-15-20)23(25)30-22-11-7-6-10-21(22)24(26)29-17-16-28-19-8-4-3-5-9-19/h3-15H,2,16-17H2,1H3. The highest BCUT2D eigenvalue weighted by molar-refractivity contribution is 5.96. The van der Waals surface area contributed by atoms with Gasteiger partial charge in [0.1, 0.15) is 36.0 Å². The van der Waals surface area contributed by atoms with Crippen molar-refractivity contribution in [2.24, 2.45) is 0 Å². The highest BCUT2D eigenvalue weighted by Gasteiger charge is 2.17. The van der Waals surface area contributed by atoms with Crippen LogP contribution in [0.1, 0.15) is 27.6 Å². The number of benzene rings is 3. The minimum atomic E-state index is -0.596. The number of rotatable bonds is 9. The molecule has 0 amide bonds. The third kappa shape index (κ3) is 5.85. The van der Waals surface area contributed by atoms with Crippen molar-refractivity contribution in [3.05, 3.63) is 90.0 Å². The van der Waals surface area contributed by atoms with E-state index in [0.29, 0.717) is 23.7 Å². The third-order valence-corrected chi connectivity index (χ3v) is 4.04. The summed E-state index contributed by atoms with van der Waals surface area (Å²) in [4.78, 5) is 24.9. The minimum Gasteiger partial charge on any atom is -0.494 e. The summed E-state index contributed by atoms with van der Waals surface area (Å²) in [5, 5.41) is 0. The van der Waals surface area contributed by atoms with Crippen molar-refractivity contribution in [3.8, 4) is 17.2 Å². The molecule has 0 saturated carbocycles. The molecule has 0 radical (unpaired) electrons. The van der Waals surface area contributed by atoms with Crippen LogP contribution in [0.3, 0.4) is 0 Å². The molecule has 3 aromatic carbocycles. The second-order valence-corrected chi connectivity index (χ2v) is 6.14. The maximum atomic E-state index is 12.4. The lowest BCUT2D eigenvalue weighted by Crippen LogP contribution is -2.15. The molecule has 30 heavy (non-hydrogen) atoms.